The third kappa shape index (κ3) is 12.0. The van der Waals surface area contributed by atoms with E-state index in [1.807, 2.05) is 13.8 Å². The summed E-state index contributed by atoms with van der Waals surface area (Å²) in [5.41, 5.74) is 0. The van der Waals surface area contributed by atoms with Gasteiger partial charge in [-0.15, -0.1) is 0 Å². The number of carboxylic acid groups (broad SMARTS) is 1. The van der Waals surface area contributed by atoms with E-state index in [0.717, 1.165) is 0 Å². The van der Waals surface area contributed by atoms with Crippen molar-refractivity contribution in [3.8, 4) is 0 Å². The van der Waals surface area contributed by atoms with Crippen LogP contribution in [0, 0.1) is 0 Å². The Bertz CT molecular complexity index is 335. The zero-order valence-electron chi connectivity index (χ0n) is 12.1. The summed E-state index contributed by atoms with van der Waals surface area (Å²) in [5, 5.41) is 10.8. The minimum absolute atomic E-state index is 0.0948. The van der Waals surface area contributed by atoms with Gasteiger partial charge in [-0.2, -0.15) is 13.2 Å². The second kappa shape index (κ2) is 9.43. The number of rotatable bonds is 9. The average Bonchev–Trinajstić information content (AvgIpc) is 2.29. The van der Waals surface area contributed by atoms with Crippen molar-refractivity contribution in [2.45, 2.75) is 39.0 Å². The van der Waals surface area contributed by atoms with Crippen molar-refractivity contribution in [3.05, 3.63) is 0 Å². The Balaban J connectivity index is 4.08. The summed E-state index contributed by atoms with van der Waals surface area (Å²) < 4.78 is 42.0. The summed E-state index contributed by atoms with van der Waals surface area (Å²) in [4.78, 5) is 22.2. The lowest BCUT2D eigenvalue weighted by Crippen LogP contribution is -2.47. The lowest BCUT2D eigenvalue weighted by Gasteiger charge is -2.22. The molecule has 0 unspecified atom stereocenters. The Morgan fingerprint density at radius 2 is 1.90 bits per heavy atom. The van der Waals surface area contributed by atoms with E-state index < -0.39 is 31.3 Å². The van der Waals surface area contributed by atoms with Crippen molar-refractivity contribution in [2.24, 2.45) is 0 Å². The number of aliphatic carboxylic acids is 1. The van der Waals surface area contributed by atoms with E-state index in [1.165, 1.54) is 0 Å². The van der Waals surface area contributed by atoms with Gasteiger partial charge in [-0.05, 0) is 26.7 Å². The number of carboxylic acids is 1. The predicted molar refractivity (Wildman–Crippen MR) is 69.0 cm³/mol. The van der Waals surface area contributed by atoms with Gasteiger partial charge in [-0.25, -0.2) is 4.79 Å². The molecule has 0 rings (SSSR count). The topological polar surface area (TPSA) is 78.9 Å². The standard InChI is InChI=1S/C12H21F3N2O4/c1-9(2)21-6-4-3-5-16-11(20)17(7-10(18)19)8-12(13,14)15/h9H,3-8H2,1-2H3,(H,16,20)(H,18,19). The SMILES string of the molecule is CC(C)OCCCCNC(=O)N(CC(=O)O)CC(F)(F)F. The van der Waals surface area contributed by atoms with Crippen LogP contribution in [0.4, 0.5) is 18.0 Å². The van der Waals surface area contributed by atoms with Crippen molar-refractivity contribution in [1.29, 1.82) is 0 Å². The normalized spacial score (nSPS) is 11.5. The molecule has 0 aromatic carbocycles. The molecule has 0 saturated heterocycles. The van der Waals surface area contributed by atoms with Crippen molar-refractivity contribution in [1.82, 2.24) is 10.2 Å². The van der Waals surface area contributed by atoms with Crippen LogP contribution in [0.15, 0.2) is 0 Å². The van der Waals surface area contributed by atoms with E-state index in [4.69, 9.17) is 9.84 Å². The van der Waals surface area contributed by atoms with E-state index in [1.54, 1.807) is 0 Å². The highest BCUT2D eigenvalue weighted by Gasteiger charge is 2.33. The summed E-state index contributed by atoms with van der Waals surface area (Å²) in [5.74, 6) is -1.50. The van der Waals surface area contributed by atoms with Gasteiger partial charge in [0.2, 0.25) is 0 Å². The van der Waals surface area contributed by atoms with Crippen molar-refractivity contribution in [2.75, 3.05) is 26.2 Å². The van der Waals surface area contributed by atoms with Gasteiger partial charge in [0.25, 0.3) is 0 Å². The van der Waals surface area contributed by atoms with Crippen molar-refractivity contribution >= 4 is 12.0 Å². The van der Waals surface area contributed by atoms with Gasteiger partial charge in [-0.1, -0.05) is 0 Å². The molecule has 0 fully saturated rings. The number of hydrogen-bond acceptors (Lipinski definition) is 3. The molecule has 2 amide bonds. The van der Waals surface area contributed by atoms with E-state index in [9.17, 15) is 22.8 Å². The van der Waals surface area contributed by atoms with Crippen LogP contribution < -0.4 is 5.32 Å². The first-order valence-electron chi connectivity index (χ1n) is 6.54. The van der Waals surface area contributed by atoms with Crippen LogP contribution in [0.5, 0.6) is 0 Å². The number of nitrogens with one attached hydrogen (secondary N) is 1. The molecule has 124 valence electrons. The second-order valence-electron chi connectivity index (χ2n) is 4.72. The molecule has 0 atom stereocenters. The van der Waals surface area contributed by atoms with E-state index >= 15 is 0 Å². The Morgan fingerprint density at radius 1 is 1.29 bits per heavy atom. The molecule has 0 radical (unpaired) electrons. The molecule has 0 aliphatic carbocycles. The molecule has 0 aliphatic rings. The highest BCUT2D eigenvalue weighted by molar-refractivity contribution is 5.80. The number of alkyl halides is 3. The lowest BCUT2D eigenvalue weighted by molar-refractivity contribution is -0.148. The smallest absolute Gasteiger partial charge is 0.406 e. The fraction of sp³-hybridized carbons (Fsp3) is 0.833. The quantitative estimate of drug-likeness (QED) is 0.637. The summed E-state index contributed by atoms with van der Waals surface area (Å²) in [6.45, 7) is 1.82. The number of carbonyl (C=O) groups is 2. The number of unbranched alkanes of at least 4 members (excludes halogenated alkanes) is 1. The molecule has 2 N–H and O–H groups in total. The van der Waals surface area contributed by atoms with E-state index in [2.05, 4.69) is 5.32 Å². The van der Waals surface area contributed by atoms with Gasteiger partial charge >= 0.3 is 18.2 Å². The van der Waals surface area contributed by atoms with Crippen molar-refractivity contribution in [3.63, 3.8) is 0 Å². The molecule has 0 aromatic heterocycles. The monoisotopic (exact) mass is 314 g/mol. The Morgan fingerprint density at radius 3 is 2.38 bits per heavy atom. The summed E-state index contributed by atoms with van der Waals surface area (Å²) >= 11 is 0. The molecule has 21 heavy (non-hydrogen) atoms. The summed E-state index contributed by atoms with van der Waals surface area (Å²) in [6.07, 6.45) is -3.36. The number of carbonyl (C=O) groups excluding carboxylic acids is 1. The maximum atomic E-state index is 12.2. The fourth-order valence-corrected chi connectivity index (χ4v) is 1.43. The molecular formula is C12H21F3N2O4. The maximum Gasteiger partial charge on any atom is 0.406 e. The minimum atomic E-state index is -4.64. The molecule has 9 heteroatoms. The number of ether oxygens (including phenoxy) is 1. The second-order valence-corrected chi connectivity index (χ2v) is 4.72. The Hall–Kier alpha value is -1.51. The highest BCUT2D eigenvalue weighted by Crippen LogP contribution is 2.16. The van der Waals surface area contributed by atoms with Crippen LogP contribution >= 0.6 is 0 Å². The van der Waals surface area contributed by atoms with Crippen LogP contribution in [-0.2, 0) is 9.53 Å². The predicted octanol–water partition coefficient (Wildman–Crippen LogP) is 1.85. The number of halogens is 3. The fourth-order valence-electron chi connectivity index (χ4n) is 1.43. The molecule has 0 aliphatic heterocycles. The highest BCUT2D eigenvalue weighted by atomic mass is 19.4. The van der Waals surface area contributed by atoms with Crippen LogP contribution in [0.3, 0.4) is 0 Å². The first-order chi connectivity index (χ1) is 9.61. The van der Waals surface area contributed by atoms with Crippen LogP contribution in [0.1, 0.15) is 26.7 Å². The maximum absolute atomic E-state index is 12.2. The summed E-state index contributed by atoms with van der Waals surface area (Å²) in [6, 6.07) is -1.04. The first-order valence-corrected chi connectivity index (χ1v) is 6.54. The zero-order valence-corrected chi connectivity index (χ0v) is 12.1. The van der Waals surface area contributed by atoms with E-state index in [-0.39, 0.29) is 17.5 Å². The zero-order chi connectivity index (χ0) is 16.5. The van der Waals surface area contributed by atoms with Gasteiger partial charge < -0.3 is 20.1 Å². The van der Waals surface area contributed by atoms with E-state index in [0.29, 0.717) is 19.4 Å². The van der Waals surface area contributed by atoms with Crippen LogP contribution in [0.2, 0.25) is 0 Å². The molecule has 0 spiro atoms. The van der Waals surface area contributed by atoms with Crippen LogP contribution in [0.25, 0.3) is 0 Å². The number of amides is 2. The molecule has 0 saturated carbocycles. The summed E-state index contributed by atoms with van der Waals surface area (Å²) in [7, 11) is 0. The number of hydrogen-bond donors (Lipinski definition) is 2. The molecule has 0 heterocycles. The van der Waals surface area contributed by atoms with Gasteiger partial charge in [0, 0.05) is 13.2 Å². The third-order valence-corrected chi connectivity index (χ3v) is 2.28. The molecule has 0 aromatic rings. The molecule has 6 nitrogen and oxygen atoms in total. The largest absolute Gasteiger partial charge is 0.480 e. The number of nitrogens with zero attached hydrogens (tertiary/aromatic N) is 1. The number of urea groups is 1. The van der Waals surface area contributed by atoms with Gasteiger partial charge in [0.1, 0.15) is 13.1 Å². The van der Waals surface area contributed by atoms with Gasteiger partial charge in [-0.3, -0.25) is 4.79 Å². The molecular weight excluding hydrogens is 293 g/mol. The van der Waals surface area contributed by atoms with Crippen LogP contribution in [-0.4, -0.2) is 60.5 Å². The Kier molecular flexibility index (Phi) is 8.75. The van der Waals surface area contributed by atoms with Crippen molar-refractivity contribution < 1.29 is 32.6 Å². The van der Waals surface area contributed by atoms with Gasteiger partial charge in [0.05, 0.1) is 6.10 Å². The minimum Gasteiger partial charge on any atom is -0.480 e. The lowest BCUT2D eigenvalue weighted by atomic mass is 10.3. The first kappa shape index (κ1) is 19.5. The molecule has 0 bridgehead atoms. The van der Waals surface area contributed by atoms with Gasteiger partial charge in [0.15, 0.2) is 0 Å². The third-order valence-electron chi connectivity index (χ3n) is 2.28. The Labute approximate surface area is 121 Å². The average molecular weight is 314 g/mol.